The van der Waals surface area contributed by atoms with Gasteiger partial charge in [-0.05, 0) is 47.9 Å². The fourth-order valence-corrected chi connectivity index (χ4v) is 5.44. The standard InChI is InChI=1S/C25H21Cl3N2O/c26-20-9-5-4-6-17(20)14-30-23(16-10-11-21(27)22(28)12-16)13-18-15-29(25(31)24(18)30)19-7-2-1-3-8-19/h1-12,18,23-24H,13-15H2/t18-,23-,24-/m1/s1. The van der Waals surface area contributed by atoms with Crippen LogP contribution in [0.25, 0.3) is 0 Å². The van der Waals surface area contributed by atoms with E-state index < -0.39 is 0 Å². The molecule has 2 fully saturated rings. The minimum atomic E-state index is -0.198. The van der Waals surface area contributed by atoms with Gasteiger partial charge in [0.05, 0.1) is 16.1 Å². The quantitative estimate of drug-likeness (QED) is 0.426. The van der Waals surface area contributed by atoms with E-state index in [-0.39, 0.29) is 23.9 Å². The van der Waals surface area contributed by atoms with Crippen LogP contribution in [0.5, 0.6) is 0 Å². The van der Waals surface area contributed by atoms with Crippen LogP contribution in [-0.2, 0) is 11.3 Å². The minimum Gasteiger partial charge on any atom is -0.311 e. The number of halogens is 3. The number of amides is 1. The maximum atomic E-state index is 13.6. The summed E-state index contributed by atoms with van der Waals surface area (Å²) in [4.78, 5) is 17.8. The molecule has 0 N–H and O–H groups in total. The summed E-state index contributed by atoms with van der Waals surface area (Å²) in [5.41, 5.74) is 3.04. The van der Waals surface area contributed by atoms with E-state index in [1.165, 1.54) is 0 Å². The van der Waals surface area contributed by atoms with E-state index in [2.05, 4.69) is 4.90 Å². The number of anilines is 1. The number of benzene rings is 3. The number of fused-ring (bicyclic) bond motifs is 1. The Hall–Kier alpha value is -2.04. The topological polar surface area (TPSA) is 23.6 Å². The monoisotopic (exact) mass is 470 g/mol. The van der Waals surface area contributed by atoms with Gasteiger partial charge < -0.3 is 4.90 Å². The molecule has 0 aliphatic carbocycles. The van der Waals surface area contributed by atoms with Crippen molar-refractivity contribution in [2.24, 2.45) is 5.92 Å². The van der Waals surface area contributed by atoms with Gasteiger partial charge in [0, 0.05) is 35.8 Å². The second kappa shape index (κ2) is 8.48. The zero-order valence-electron chi connectivity index (χ0n) is 16.7. The number of hydrogen-bond donors (Lipinski definition) is 0. The van der Waals surface area contributed by atoms with Gasteiger partial charge in [-0.25, -0.2) is 0 Å². The summed E-state index contributed by atoms with van der Waals surface area (Å²) in [5.74, 6) is 0.375. The number of carbonyl (C=O) groups excluding carboxylic acids is 1. The van der Waals surface area contributed by atoms with Crippen LogP contribution in [-0.4, -0.2) is 23.4 Å². The molecular formula is C25H21Cl3N2O. The summed E-state index contributed by atoms with van der Waals surface area (Å²) < 4.78 is 0. The molecule has 0 bridgehead atoms. The van der Waals surface area contributed by atoms with Gasteiger partial charge in [-0.2, -0.15) is 0 Å². The van der Waals surface area contributed by atoms with Crippen LogP contribution < -0.4 is 4.90 Å². The van der Waals surface area contributed by atoms with E-state index in [9.17, 15) is 4.79 Å². The Labute approximate surface area is 197 Å². The molecular weight excluding hydrogens is 451 g/mol. The molecule has 2 aliphatic rings. The van der Waals surface area contributed by atoms with Crippen LogP contribution >= 0.6 is 34.8 Å². The van der Waals surface area contributed by atoms with Gasteiger partial charge in [-0.1, -0.05) is 77.3 Å². The van der Waals surface area contributed by atoms with Crippen molar-refractivity contribution in [1.82, 2.24) is 4.90 Å². The van der Waals surface area contributed by atoms with Gasteiger partial charge in [0.15, 0.2) is 0 Å². The van der Waals surface area contributed by atoms with E-state index in [0.29, 0.717) is 28.2 Å². The lowest BCUT2D eigenvalue weighted by molar-refractivity contribution is -0.122. The summed E-state index contributed by atoms with van der Waals surface area (Å²) in [6, 6.07) is 23.4. The number of likely N-dealkylation sites (tertiary alicyclic amines) is 1. The first-order chi connectivity index (χ1) is 15.0. The summed E-state index contributed by atoms with van der Waals surface area (Å²) in [7, 11) is 0. The second-order valence-corrected chi connectivity index (χ2v) is 9.40. The van der Waals surface area contributed by atoms with Crippen LogP contribution in [0.3, 0.4) is 0 Å². The van der Waals surface area contributed by atoms with Gasteiger partial charge in [-0.3, -0.25) is 9.69 Å². The van der Waals surface area contributed by atoms with Crippen LogP contribution in [0.4, 0.5) is 5.69 Å². The van der Waals surface area contributed by atoms with Crippen molar-refractivity contribution in [3.05, 3.63) is 99.0 Å². The van der Waals surface area contributed by atoms with Crippen LogP contribution in [0.1, 0.15) is 23.6 Å². The lowest BCUT2D eigenvalue weighted by atomic mass is 9.98. The molecule has 2 aliphatic heterocycles. The molecule has 3 aromatic rings. The highest BCUT2D eigenvalue weighted by atomic mass is 35.5. The predicted molar refractivity (Wildman–Crippen MR) is 127 cm³/mol. The highest BCUT2D eigenvalue weighted by Crippen LogP contribution is 2.46. The molecule has 3 nitrogen and oxygen atoms in total. The normalized spacial score (nSPS) is 23.4. The molecule has 3 aromatic carbocycles. The maximum Gasteiger partial charge on any atom is 0.244 e. The lowest BCUT2D eigenvalue weighted by Crippen LogP contribution is -2.41. The van der Waals surface area contributed by atoms with Gasteiger partial charge in [-0.15, -0.1) is 0 Å². The summed E-state index contributed by atoms with van der Waals surface area (Å²) in [6.07, 6.45) is 0.877. The second-order valence-electron chi connectivity index (χ2n) is 8.18. The highest BCUT2D eigenvalue weighted by molar-refractivity contribution is 6.42. The first kappa shape index (κ1) is 20.8. The fourth-order valence-electron chi connectivity index (χ4n) is 4.94. The molecule has 0 saturated carbocycles. The number of nitrogens with zero attached hydrogens (tertiary/aromatic N) is 2. The highest BCUT2D eigenvalue weighted by Gasteiger charge is 2.52. The van der Waals surface area contributed by atoms with E-state index in [4.69, 9.17) is 34.8 Å². The smallest absolute Gasteiger partial charge is 0.244 e. The molecule has 0 radical (unpaired) electrons. The van der Waals surface area contributed by atoms with Crippen LogP contribution in [0, 0.1) is 5.92 Å². The summed E-state index contributed by atoms with van der Waals surface area (Å²) in [6.45, 7) is 1.31. The molecule has 158 valence electrons. The first-order valence-electron chi connectivity index (χ1n) is 10.3. The van der Waals surface area contributed by atoms with Crippen molar-refractivity contribution in [2.45, 2.75) is 25.0 Å². The van der Waals surface area contributed by atoms with Crippen molar-refractivity contribution >= 4 is 46.4 Å². The predicted octanol–water partition coefficient (Wildman–Crippen LogP) is 6.63. The minimum absolute atomic E-state index is 0.0721. The third-order valence-electron chi connectivity index (χ3n) is 6.37. The molecule has 5 rings (SSSR count). The van der Waals surface area contributed by atoms with E-state index in [1.54, 1.807) is 0 Å². The number of rotatable bonds is 4. The van der Waals surface area contributed by atoms with Gasteiger partial charge in [0.25, 0.3) is 0 Å². The number of para-hydroxylation sites is 1. The molecule has 31 heavy (non-hydrogen) atoms. The zero-order chi connectivity index (χ0) is 21.5. The summed E-state index contributed by atoms with van der Waals surface area (Å²) >= 11 is 19.0. The molecule has 0 spiro atoms. The molecule has 6 heteroatoms. The average Bonchev–Trinajstić information content (AvgIpc) is 3.29. The van der Waals surface area contributed by atoms with Crippen LogP contribution in [0.2, 0.25) is 15.1 Å². The molecule has 2 saturated heterocycles. The Balaban J connectivity index is 1.51. The van der Waals surface area contributed by atoms with Crippen molar-refractivity contribution in [2.75, 3.05) is 11.4 Å². The fraction of sp³-hybridized carbons (Fsp3) is 0.240. The van der Waals surface area contributed by atoms with Crippen molar-refractivity contribution in [1.29, 1.82) is 0 Å². The third kappa shape index (κ3) is 3.85. The third-order valence-corrected chi connectivity index (χ3v) is 7.48. The lowest BCUT2D eigenvalue weighted by Gasteiger charge is -2.31. The van der Waals surface area contributed by atoms with E-state index >= 15 is 0 Å². The Morgan fingerprint density at radius 1 is 0.839 bits per heavy atom. The average molecular weight is 472 g/mol. The molecule has 0 unspecified atom stereocenters. The van der Waals surface area contributed by atoms with Crippen molar-refractivity contribution in [3.8, 4) is 0 Å². The molecule has 1 amide bonds. The first-order valence-corrected chi connectivity index (χ1v) is 11.5. The van der Waals surface area contributed by atoms with E-state index in [0.717, 1.165) is 23.2 Å². The molecule has 0 aromatic heterocycles. The Morgan fingerprint density at radius 3 is 2.32 bits per heavy atom. The van der Waals surface area contributed by atoms with E-state index in [1.807, 2.05) is 77.7 Å². The SMILES string of the molecule is O=C1[C@H]2[C@H](C[C@H](c3ccc(Cl)c(Cl)c3)N2Cc2ccccc2Cl)CN1c1ccccc1. The van der Waals surface area contributed by atoms with Crippen LogP contribution in [0.15, 0.2) is 72.8 Å². The Bertz CT molecular complexity index is 1120. The number of carbonyl (C=O) groups is 1. The summed E-state index contributed by atoms with van der Waals surface area (Å²) in [5, 5.41) is 1.78. The number of hydrogen-bond acceptors (Lipinski definition) is 2. The van der Waals surface area contributed by atoms with Gasteiger partial charge in [0.1, 0.15) is 0 Å². The zero-order valence-corrected chi connectivity index (χ0v) is 19.0. The van der Waals surface area contributed by atoms with Gasteiger partial charge in [0.2, 0.25) is 5.91 Å². The Kier molecular flexibility index (Phi) is 5.70. The van der Waals surface area contributed by atoms with Gasteiger partial charge >= 0.3 is 0 Å². The maximum absolute atomic E-state index is 13.6. The molecule has 3 atom stereocenters. The van der Waals surface area contributed by atoms with Crippen molar-refractivity contribution < 1.29 is 4.79 Å². The molecule has 2 heterocycles. The van der Waals surface area contributed by atoms with Crippen molar-refractivity contribution in [3.63, 3.8) is 0 Å². The Morgan fingerprint density at radius 2 is 1.58 bits per heavy atom. The largest absolute Gasteiger partial charge is 0.311 e.